The van der Waals surface area contributed by atoms with Gasteiger partial charge in [0.25, 0.3) is 0 Å². The van der Waals surface area contributed by atoms with Crippen LogP contribution in [-0.4, -0.2) is 18.5 Å². The van der Waals surface area contributed by atoms with E-state index in [9.17, 15) is 9.90 Å². The number of hydrogen-bond donors (Lipinski definition) is 1. The molecular formula is C9H9BrO3. The van der Waals surface area contributed by atoms with Gasteiger partial charge in [0.2, 0.25) is 0 Å². The lowest BCUT2D eigenvalue weighted by Crippen LogP contribution is -1.92. The predicted molar refractivity (Wildman–Crippen MR) is 52.5 cm³/mol. The largest absolute Gasteiger partial charge is 0.503 e. The zero-order valence-electron chi connectivity index (χ0n) is 7.30. The quantitative estimate of drug-likeness (QED) is 0.813. The van der Waals surface area contributed by atoms with Crippen LogP contribution in [0.25, 0.3) is 0 Å². The number of aldehydes is 1. The summed E-state index contributed by atoms with van der Waals surface area (Å²) >= 11 is 3.12. The van der Waals surface area contributed by atoms with Gasteiger partial charge in [0.1, 0.15) is 0 Å². The van der Waals surface area contributed by atoms with E-state index >= 15 is 0 Å². The molecule has 4 heteroatoms. The van der Waals surface area contributed by atoms with E-state index in [1.807, 2.05) is 0 Å². The van der Waals surface area contributed by atoms with Crippen LogP contribution in [0.5, 0.6) is 11.5 Å². The van der Waals surface area contributed by atoms with E-state index in [1.165, 1.54) is 7.11 Å². The molecule has 0 aromatic heterocycles. The van der Waals surface area contributed by atoms with E-state index in [4.69, 9.17) is 4.74 Å². The molecule has 0 aliphatic heterocycles. The summed E-state index contributed by atoms with van der Waals surface area (Å²) in [6, 6.07) is 1.61. The molecule has 0 atom stereocenters. The van der Waals surface area contributed by atoms with Crippen molar-refractivity contribution >= 4 is 22.2 Å². The standard InChI is InChI=1S/C9H9BrO3/c1-5-3-7(13-2)9(12)8(10)6(5)4-11/h3-4,12H,1-2H3. The first-order valence-electron chi connectivity index (χ1n) is 3.63. The molecule has 70 valence electrons. The average Bonchev–Trinajstić information content (AvgIpc) is 2.12. The number of aromatic hydroxyl groups is 1. The van der Waals surface area contributed by atoms with Crippen molar-refractivity contribution in [2.45, 2.75) is 6.92 Å². The van der Waals surface area contributed by atoms with Crippen LogP contribution in [-0.2, 0) is 0 Å². The molecule has 3 nitrogen and oxygen atoms in total. The summed E-state index contributed by atoms with van der Waals surface area (Å²) in [6.45, 7) is 1.77. The van der Waals surface area contributed by atoms with Gasteiger partial charge in [0, 0.05) is 5.56 Å². The van der Waals surface area contributed by atoms with Crippen LogP contribution in [0.15, 0.2) is 10.5 Å². The number of carbonyl (C=O) groups is 1. The third-order valence-corrected chi connectivity index (χ3v) is 2.59. The molecule has 0 bridgehead atoms. The maximum Gasteiger partial charge on any atom is 0.172 e. The fourth-order valence-electron chi connectivity index (χ4n) is 1.05. The monoisotopic (exact) mass is 244 g/mol. The fourth-order valence-corrected chi connectivity index (χ4v) is 1.65. The zero-order chi connectivity index (χ0) is 10.0. The summed E-state index contributed by atoms with van der Waals surface area (Å²) in [7, 11) is 1.46. The van der Waals surface area contributed by atoms with Crippen LogP contribution in [0, 0.1) is 6.92 Å². The Bertz CT molecular complexity index is 347. The van der Waals surface area contributed by atoms with Gasteiger partial charge in [-0.1, -0.05) is 0 Å². The van der Waals surface area contributed by atoms with Crippen molar-refractivity contribution in [1.82, 2.24) is 0 Å². The first-order chi connectivity index (χ1) is 6.11. The topological polar surface area (TPSA) is 46.5 Å². The number of phenols is 1. The molecule has 1 aromatic rings. The maximum atomic E-state index is 10.6. The van der Waals surface area contributed by atoms with E-state index in [2.05, 4.69) is 15.9 Å². The molecule has 0 heterocycles. The average molecular weight is 245 g/mol. The Kier molecular flexibility index (Phi) is 2.93. The van der Waals surface area contributed by atoms with Crippen molar-refractivity contribution in [3.63, 3.8) is 0 Å². The second-order valence-corrected chi connectivity index (χ2v) is 3.38. The highest BCUT2D eigenvalue weighted by Gasteiger charge is 2.13. The fraction of sp³-hybridized carbons (Fsp3) is 0.222. The van der Waals surface area contributed by atoms with E-state index < -0.39 is 0 Å². The molecule has 0 saturated heterocycles. The molecule has 0 spiro atoms. The number of aryl methyl sites for hydroxylation is 1. The second kappa shape index (κ2) is 3.79. The number of carbonyl (C=O) groups excluding carboxylic acids is 1. The van der Waals surface area contributed by atoms with Crippen LogP contribution in [0.2, 0.25) is 0 Å². The Morgan fingerprint density at radius 2 is 2.23 bits per heavy atom. The van der Waals surface area contributed by atoms with Gasteiger partial charge in [0.05, 0.1) is 11.6 Å². The Morgan fingerprint density at radius 1 is 1.62 bits per heavy atom. The number of methoxy groups -OCH3 is 1. The Balaban J connectivity index is 3.45. The lowest BCUT2D eigenvalue weighted by Gasteiger charge is -2.09. The Labute approximate surface area is 84.5 Å². The highest BCUT2D eigenvalue weighted by atomic mass is 79.9. The van der Waals surface area contributed by atoms with Gasteiger partial charge in [-0.2, -0.15) is 0 Å². The van der Waals surface area contributed by atoms with Crippen LogP contribution < -0.4 is 4.74 Å². The molecule has 0 fully saturated rings. The lowest BCUT2D eigenvalue weighted by atomic mass is 10.1. The number of hydrogen-bond acceptors (Lipinski definition) is 3. The van der Waals surface area contributed by atoms with Crippen molar-refractivity contribution < 1.29 is 14.6 Å². The number of rotatable bonds is 2. The summed E-state index contributed by atoms with van der Waals surface area (Å²) in [5.41, 5.74) is 1.20. The Hall–Kier alpha value is -1.03. The van der Waals surface area contributed by atoms with Crippen LogP contribution in [0.3, 0.4) is 0 Å². The molecule has 1 aromatic carbocycles. The van der Waals surface area contributed by atoms with Gasteiger partial charge in [-0.15, -0.1) is 0 Å². The SMILES string of the molecule is COc1cc(C)c(C=O)c(Br)c1O. The van der Waals surface area contributed by atoms with E-state index in [1.54, 1.807) is 13.0 Å². The van der Waals surface area contributed by atoms with Crippen LogP contribution >= 0.6 is 15.9 Å². The van der Waals surface area contributed by atoms with Gasteiger partial charge in [0.15, 0.2) is 17.8 Å². The van der Waals surface area contributed by atoms with Crippen molar-refractivity contribution in [3.8, 4) is 11.5 Å². The molecule has 0 saturated carbocycles. The highest BCUT2D eigenvalue weighted by Crippen LogP contribution is 2.37. The van der Waals surface area contributed by atoms with Gasteiger partial charge < -0.3 is 9.84 Å². The number of ether oxygens (including phenoxy) is 1. The molecular weight excluding hydrogens is 236 g/mol. The second-order valence-electron chi connectivity index (χ2n) is 2.59. The summed E-state index contributed by atoms with van der Waals surface area (Å²) < 4.78 is 5.28. The summed E-state index contributed by atoms with van der Waals surface area (Å²) in [5, 5.41) is 9.50. The normalized spacial score (nSPS) is 9.77. The number of benzene rings is 1. The minimum atomic E-state index is -0.0461. The third-order valence-electron chi connectivity index (χ3n) is 1.79. The minimum Gasteiger partial charge on any atom is -0.503 e. The van der Waals surface area contributed by atoms with Crippen molar-refractivity contribution in [3.05, 3.63) is 21.7 Å². The van der Waals surface area contributed by atoms with Crippen molar-refractivity contribution in [2.24, 2.45) is 0 Å². The molecule has 0 amide bonds. The minimum absolute atomic E-state index is 0.0461. The van der Waals surface area contributed by atoms with E-state index in [-0.39, 0.29) is 5.75 Å². The highest BCUT2D eigenvalue weighted by molar-refractivity contribution is 9.10. The van der Waals surface area contributed by atoms with Crippen molar-refractivity contribution in [2.75, 3.05) is 7.11 Å². The van der Waals surface area contributed by atoms with Gasteiger partial charge in [-0.3, -0.25) is 4.79 Å². The number of halogens is 1. The third kappa shape index (κ3) is 1.67. The molecule has 13 heavy (non-hydrogen) atoms. The maximum absolute atomic E-state index is 10.6. The molecule has 0 unspecified atom stereocenters. The van der Waals surface area contributed by atoms with Gasteiger partial charge >= 0.3 is 0 Å². The summed E-state index contributed by atoms with van der Waals surface area (Å²) in [5.74, 6) is 0.310. The molecule has 1 N–H and O–H groups in total. The lowest BCUT2D eigenvalue weighted by molar-refractivity contribution is 0.112. The Morgan fingerprint density at radius 3 is 2.69 bits per heavy atom. The molecule has 0 aliphatic rings. The summed E-state index contributed by atoms with van der Waals surface area (Å²) in [4.78, 5) is 10.6. The summed E-state index contributed by atoms with van der Waals surface area (Å²) in [6.07, 6.45) is 0.693. The molecule has 0 aliphatic carbocycles. The van der Waals surface area contributed by atoms with E-state index in [0.29, 0.717) is 22.1 Å². The zero-order valence-corrected chi connectivity index (χ0v) is 8.88. The van der Waals surface area contributed by atoms with Crippen molar-refractivity contribution in [1.29, 1.82) is 0 Å². The number of phenolic OH excluding ortho intramolecular Hbond substituents is 1. The van der Waals surface area contributed by atoms with E-state index in [0.717, 1.165) is 5.56 Å². The van der Waals surface area contributed by atoms with Gasteiger partial charge in [-0.25, -0.2) is 0 Å². The first kappa shape index (κ1) is 10.1. The molecule has 0 radical (unpaired) electrons. The first-order valence-corrected chi connectivity index (χ1v) is 4.42. The van der Waals surface area contributed by atoms with Gasteiger partial charge in [-0.05, 0) is 34.5 Å². The van der Waals surface area contributed by atoms with Crippen LogP contribution in [0.4, 0.5) is 0 Å². The predicted octanol–water partition coefficient (Wildman–Crippen LogP) is 2.28. The molecule has 1 rings (SSSR count). The smallest absolute Gasteiger partial charge is 0.172 e. The van der Waals surface area contributed by atoms with Crippen LogP contribution in [0.1, 0.15) is 15.9 Å².